The molecule has 43 heavy (non-hydrogen) atoms. The van der Waals surface area contributed by atoms with Crippen molar-refractivity contribution in [3.63, 3.8) is 0 Å². The molecule has 1 unspecified atom stereocenters. The quantitative estimate of drug-likeness (QED) is 0.336. The Labute approximate surface area is 254 Å². The predicted molar refractivity (Wildman–Crippen MR) is 170 cm³/mol. The Balaban J connectivity index is 1.44. The summed E-state index contributed by atoms with van der Waals surface area (Å²) in [5.41, 5.74) is 4.01. The lowest BCUT2D eigenvalue weighted by atomic mass is 9.93. The summed E-state index contributed by atoms with van der Waals surface area (Å²) in [7, 11) is 4.04. The highest BCUT2D eigenvalue weighted by molar-refractivity contribution is 5.94. The molecule has 6 rings (SSSR count). The number of rotatable bonds is 5. The molecule has 2 saturated heterocycles. The topological polar surface area (TPSA) is 90.5 Å². The predicted octanol–water partition coefficient (Wildman–Crippen LogP) is 3.68. The molecule has 2 aromatic carbocycles. The number of hydrogen-bond donors (Lipinski definition) is 0. The van der Waals surface area contributed by atoms with Crippen LogP contribution in [-0.4, -0.2) is 92.8 Å². The molecule has 3 aliphatic heterocycles. The van der Waals surface area contributed by atoms with Gasteiger partial charge in [0.25, 0.3) is 0 Å². The molecule has 0 radical (unpaired) electrons. The molecule has 1 aromatic heterocycles. The van der Waals surface area contributed by atoms with Gasteiger partial charge in [-0.2, -0.15) is 10.5 Å². The lowest BCUT2D eigenvalue weighted by Crippen LogP contribution is -2.66. The zero-order valence-electron chi connectivity index (χ0n) is 25.2. The van der Waals surface area contributed by atoms with Gasteiger partial charge in [-0.1, -0.05) is 43.0 Å². The first-order valence-electron chi connectivity index (χ1n) is 15.1. The van der Waals surface area contributed by atoms with Gasteiger partial charge >= 0.3 is 5.91 Å². The van der Waals surface area contributed by atoms with Crippen LogP contribution in [0.2, 0.25) is 0 Å². The standard InChI is InChI=1S/C34H39N8O/c1-4-32(43)42(3)21-20-41(23-26(42)12-14-35)33-28-13-15-40(31-11-7-9-25-8-5-6-10-27(25)31)24-30(28)29(22-36)34(37-33)39-18-16-38(2)17-19-39/h4-11,26H,1,12-13,15-21,23-24H2,2-3H3/q+1/t26-,42?/m1/s1. The van der Waals surface area contributed by atoms with Crippen molar-refractivity contribution in [2.24, 2.45) is 0 Å². The second-order valence-corrected chi connectivity index (χ2v) is 12.2. The van der Waals surface area contributed by atoms with E-state index in [-0.39, 0.29) is 22.9 Å². The average Bonchev–Trinajstić information content (AvgIpc) is 3.04. The van der Waals surface area contributed by atoms with Crippen molar-refractivity contribution >= 4 is 34.0 Å². The van der Waals surface area contributed by atoms with E-state index >= 15 is 0 Å². The van der Waals surface area contributed by atoms with Gasteiger partial charge in [0.1, 0.15) is 30.3 Å². The van der Waals surface area contributed by atoms with Crippen LogP contribution in [0.5, 0.6) is 0 Å². The number of anilines is 3. The largest absolute Gasteiger partial charge is 0.366 e. The lowest BCUT2D eigenvalue weighted by Gasteiger charge is -2.46. The Kier molecular flexibility index (Phi) is 7.79. The monoisotopic (exact) mass is 575 g/mol. The Hall–Kier alpha value is -4.44. The second-order valence-electron chi connectivity index (χ2n) is 12.2. The molecule has 1 amide bonds. The third kappa shape index (κ3) is 5.09. The first kappa shape index (κ1) is 28.7. The molecule has 3 aromatic rings. The van der Waals surface area contributed by atoms with Crippen LogP contribution < -0.4 is 14.7 Å². The molecule has 220 valence electrons. The van der Waals surface area contributed by atoms with Gasteiger partial charge in [0, 0.05) is 62.0 Å². The highest BCUT2D eigenvalue weighted by Crippen LogP contribution is 2.39. The van der Waals surface area contributed by atoms with E-state index in [0.29, 0.717) is 31.7 Å². The summed E-state index contributed by atoms with van der Waals surface area (Å²) < 4.78 is 0.173. The van der Waals surface area contributed by atoms with Crippen molar-refractivity contribution in [3.05, 3.63) is 71.8 Å². The van der Waals surface area contributed by atoms with Gasteiger partial charge in [0.2, 0.25) is 0 Å². The van der Waals surface area contributed by atoms with Crippen LogP contribution in [0, 0.1) is 22.7 Å². The number of nitrogens with zero attached hydrogens (tertiary/aromatic N) is 8. The van der Waals surface area contributed by atoms with Gasteiger partial charge in [-0.15, -0.1) is 0 Å². The maximum Gasteiger partial charge on any atom is 0.338 e. The van der Waals surface area contributed by atoms with Crippen LogP contribution in [0.4, 0.5) is 17.3 Å². The van der Waals surface area contributed by atoms with E-state index < -0.39 is 0 Å². The van der Waals surface area contributed by atoms with Crippen molar-refractivity contribution in [2.45, 2.75) is 25.4 Å². The minimum Gasteiger partial charge on any atom is -0.366 e. The number of fused-ring (bicyclic) bond motifs is 2. The number of carbonyl (C=O) groups excluding carboxylic acids is 1. The molecule has 0 spiro atoms. The van der Waals surface area contributed by atoms with Gasteiger partial charge in [0.05, 0.1) is 38.2 Å². The summed E-state index contributed by atoms with van der Waals surface area (Å²) in [5, 5.41) is 22.7. The average molecular weight is 576 g/mol. The number of quaternary nitrogens is 1. The lowest BCUT2D eigenvalue weighted by molar-refractivity contribution is -0.858. The number of piperazine rings is 2. The molecule has 0 N–H and O–H groups in total. The van der Waals surface area contributed by atoms with Crippen LogP contribution in [0.3, 0.4) is 0 Å². The van der Waals surface area contributed by atoms with Crippen LogP contribution in [0.15, 0.2) is 55.1 Å². The number of carbonyl (C=O) groups is 1. The van der Waals surface area contributed by atoms with Crippen LogP contribution in [0.25, 0.3) is 10.8 Å². The van der Waals surface area contributed by atoms with Crippen molar-refractivity contribution < 1.29 is 9.28 Å². The first-order chi connectivity index (χ1) is 20.9. The van der Waals surface area contributed by atoms with E-state index in [4.69, 9.17) is 4.98 Å². The smallest absolute Gasteiger partial charge is 0.338 e. The minimum atomic E-state index is -0.194. The number of likely N-dealkylation sites (N-methyl/N-ethyl adjacent to an activating group) is 2. The molecule has 3 aliphatic rings. The van der Waals surface area contributed by atoms with E-state index in [0.717, 1.165) is 61.9 Å². The number of amides is 1. The number of aromatic nitrogens is 1. The maximum absolute atomic E-state index is 12.9. The maximum atomic E-state index is 12.9. The second kappa shape index (κ2) is 11.7. The molecule has 0 saturated carbocycles. The van der Waals surface area contributed by atoms with E-state index in [1.807, 2.05) is 7.05 Å². The number of nitriles is 2. The van der Waals surface area contributed by atoms with E-state index in [9.17, 15) is 15.3 Å². The van der Waals surface area contributed by atoms with Crippen molar-refractivity contribution in [3.8, 4) is 12.1 Å². The Morgan fingerprint density at radius 2 is 1.77 bits per heavy atom. The van der Waals surface area contributed by atoms with Gasteiger partial charge in [-0.25, -0.2) is 9.78 Å². The van der Waals surface area contributed by atoms with Crippen molar-refractivity contribution in [1.82, 2.24) is 9.88 Å². The Morgan fingerprint density at radius 1 is 1.00 bits per heavy atom. The van der Waals surface area contributed by atoms with Crippen LogP contribution in [-0.2, 0) is 17.8 Å². The summed E-state index contributed by atoms with van der Waals surface area (Å²) >= 11 is 0. The molecule has 0 bridgehead atoms. The van der Waals surface area contributed by atoms with Gasteiger partial charge in [-0.05, 0) is 30.5 Å². The highest BCUT2D eigenvalue weighted by atomic mass is 16.2. The third-order valence-corrected chi connectivity index (χ3v) is 9.75. The SMILES string of the molecule is C=CC(=O)[N+]1(C)CCN(c2nc(N3CCN(C)CC3)c(C#N)c3c2CCN(c2cccc4ccccc24)C3)C[C@H]1CC#N. The zero-order chi connectivity index (χ0) is 30.1. The number of pyridine rings is 1. The molecular formula is C34H39N8O+. The van der Waals surface area contributed by atoms with Crippen molar-refractivity contribution in [2.75, 3.05) is 81.2 Å². The normalized spacial score (nSPS) is 22.5. The Bertz CT molecular complexity index is 1640. The fourth-order valence-electron chi connectivity index (χ4n) is 7.01. The minimum absolute atomic E-state index is 0.0569. The number of benzene rings is 2. The fourth-order valence-corrected chi connectivity index (χ4v) is 7.01. The molecule has 9 heteroatoms. The molecule has 9 nitrogen and oxygen atoms in total. The van der Waals surface area contributed by atoms with Gasteiger partial charge in [-0.3, -0.25) is 4.48 Å². The Morgan fingerprint density at radius 3 is 2.51 bits per heavy atom. The molecular weight excluding hydrogens is 536 g/mol. The van der Waals surface area contributed by atoms with Gasteiger partial charge in [0.15, 0.2) is 0 Å². The third-order valence-electron chi connectivity index (χ3n) is 9.75. The summed E-state index contributed by atoms with van der Waals surface area (Å²) in [5.74, 6) is 1.60. The van der Waals surface area contributed by atoms with E-state index in [2.05, 4.69) is 87.8 Å². The first-order valence-corrected chi connectivity index (χ1v) is 15.1. The summed E-state index contributed by atoms with van der Waals surface area (Å²) in [6, 6.07) is 19.6. The molecule has 0 aliphatic carbocycles. The summed E-state index contributed by atoms with van der Waals surface area (Å²) in [4.78, 5) is 27.5. The van der Waals surface area contributed by atoms with Crippen LogP contribution >= 0.6 is 0 Å². The summed E-state index contributed by atoms with van der Waals surface area (Å²) in [6.07, 6.45) is 2.41. The summed E-state index contributed by atoms with van der Waals surface area (Å²) in [6.45, 7) is 10.4. The van der Waals surface area contributed by atoms with E-state index in [1.54, 1.807) is 0 Å². The molecule has 2 fully saturated rings. The van der Waals surface area contributed by atoms with E-state index in [1.165, 1.54) is 22.5 Å². The highest BCUT2D eigenvalue weighted by Gasteiger charge is 2.44. The molecule has 4 heterocycles. The van der Waals surface area contributed by atoms with Crippen molar-refractivity contribution in [1.29, 1.82) is 10.5 Å². The molecule has 2 atom stereocenters. The van der Waals surface area contributed by atoms with Crippen LogP contribution in [0.1, 0.15) is 23.1 Å². The fraction of sp³-hybridized carbons (Fsp3) is 0.412. The van der Waals surface area contributed by atoms with Gasteiger partial charge < -0.3 is 19.6 Å². The zero-order valence-corrected chi connectivity index (χ0v) is 25.2. The number of hydrogen-bond acceptors (Lipinski definition) is 8.